The molecule has 35 heavy (non-hydrogen) atoms. The average molecular weight is 562 g/mol. The first-order valence-electron chi connectivity index (χ1n) is 9.04. The summed E-state index contributed by atoms with van der Waals surface area (Å²) in [4.78, 5) is 31.9. The fourth-order valence-corrected chi connectivity index (χ4v) is 5.79. The maximum Gasteiger partial charge on any atom is 0.347 e. The molecule has 4 aromatic rings. The smallest absolute Gasteiger partial charge is 0.347 e. The molecule has 0 bridgehead atoms. The summed E-state index contributed by atoms with van der Waals surface area (Å²) in [6, 6.07) is 4.27. The van der Waals surface area contributed by atoms with Crippen LogP contribution in [0.4, 0.5) is 5.69 Å². The van der Waals surface area contributed by atoms with Crippen molar-refractivity contribution >= 4 is 83.7 Å². The van der Waals surface area contributed by atoms with Crippen molar-refractivity contribution in [1.29, 1.82) is 0 Å². The van der Waals surface area contributed by atoms with Crippen LogP contribution < -0.4 is 9.47 Å². The van der Waals surface area contributed by atoms with Crippen molar-refractivity contribution in [2.45, 2.75) is 0 Å². The fourth-order valence-electron chi connectivity index (χ4n) is 3.03. The van der Waals surface area contributed by atoms with Gasteiger partial charge < -0.3 is 29.9 Å². The molecule has 15 heteroatoms. The van der Waals surface area contributed by atoms with E-state index in [4.69, 9.17) is 42.9 Å². The van der Waals surface area contributed by atoms with Gasteiger partial charge in [0.2, 0.25) is 5.75 Å². The van der Waals surface area contributed by atoms with Crippen molar-refractivity contribution < 1.29 is 44.4 Å². The molecule has 2 aromatic heterocycles. The van der Waals surface area contributed by atoms with Crippen molar-refractivity contribution in [3.8, 4) is 23.0 Å². The second-order valence-corrected chi connectivity index (χ2v) is 9.39. The predicted octanol–water partition coefficient (Wildman–Crippen LogP) is 5.84. The van der Waals surface area contributed by atoms with E-state index in [0.717, 1.165) is 22.7 Å². The summed E-state index contributed by atoms with van der Waals surface area (Å²) in [5.74, 6) is -2.94. The molecular weight excluding hydrogens is 549 g/mol. The van der Waals surface area contributed by atoms with Gasteiger partial charge in [0.25, 0.3) is 0 Å². The Morgan fingerprint density at radius 2 is 1.43 bits per heavy atom. The first-order valence-corrected chi connectivity index (χ1v) is 11.4. The molecule has 184 valence electrons. The van der Waals surface area contributed by atoms with Gasteiger partial charge in [0, 0.05) is 26.9 Å². The lowest BCUT2D eigenvalue weighted by Gasteiger charge is -2.04. The second-order valence-electron chi connectivity index (χ2n) is 6.53. The number of ether oxygens (including phenoxy) is 2. The molecule has 4 N–H and O–H groups in total. The number of aromatic carboxylic acids is 2. The van der Waals surface area contributed by atoms with Gasteiger partial charge in [-0.15, -0.1) is 22.7 Å². The molecule has 0 aliphatic heterocycles. The van der Waals surface area contributed by atoms with Crippen LogP contribution in [0.3, 0.4) is 0 Å². The number of methoxy groups -OCH3 is 2. The number of hydrogen-bond donors (Lipinski definition) is 4. The zero-order valence-electron chi connectivity index (χ0n) is 17.5. The first kappa shape index (κ1) is 26.1. The number of thiophene rings is 2. The van der Waals surface area contributed by atoms with E-state index in [1.54, 1.807) is 6.07 Å². The molecule has 0 radical (unpaired) electrons. The number of nitro groups is 1. The molecule has 0 amide bonds. The highest BCUT2D eigenvalue weighted by Crippen LogP contribution is 2.49. The van der Waals surface area contributed by atoms with Crippen molar-refractivity contribution in [3.05, 3.63) is 48.1 Å². The maximum absolute atomic E-state index is 11.0. The van der Waals surface area contributed by atoms with Crippen molar-refractivity contribution in [3.63, 3.8) is 0 Å². The van der Waals surface area contributed by atoms with Crippen LogP contribution in [0.2, 0.25) is 10.0 Å². The van der Waals surface area contributed by atoms with E-state index >= 15 is 0 Å². The highest BCUT2D eigenvalue weighted by atomic mass is 35.5. The Morgan fingerprint density at radius 1 is 0.914 bits per heavy atom. The van der Waals surface area contributed by atoms with Gasteiger partial charge in [0.15, 0.2) is 17.2 Å². The van der Waals surface area contributed by atoms with Crippen LogP contribution in [0.5, 0.6) is 23.0 Å². The van der Waals surface area contributed by atoms with E-state index in [1.807, 2.05) is 0 Å². The van der Waals surface area contributed by atoms with Gasteiger partial charge in [-0.2, -0.15) is 0 Å². The number of hydrogen-bond acceptors (Lipinski definition) is 10. The van der Waals surface area contributed by atoms with Crippen molar-refractivity contribution in [1.82, 2.24) is 0 Å². The Bertz CT molecular complexity index is 1510. The van der Waals surface area contributed by atoms with Gasteiger partial charge >= 0.3 is 17.6 Å². The second kappa shape index (κ2) is 10.00. The summed E-state index contributed by atoms with van der Waals surface area (Å²) in [5.41, 5.74) is -0.664. The number of nitro benzene ring substituents is 1. The minimum absolute atomic E-state index is 0.0596. The number of carbonyl (C=O) groups is 2. The number of halogens is 2. The molecule has 2 aromatic carbocycles. The van der Waals surface area contributed by atoms with Crippen molar-refractivity contribution in [2.75, 3.05) is 14.2 Å². The van der Waals surface area contributed by atoms with Crippen LogP contribution in [-0.4, -0.2) is 51.5 Å². The maximum atomic E-state index is 11.0. The highest BCUT2D eigenvalue weighted by Gasteiger charge is 2.29. The lowest BCUT2D eigenvalue weighted by molar-refractivity contribution is -0.384. The summed E-state index contributed by atoms with van der Waals surface area (Å²) >= 11 is 13.6. The molecule has 11 nitrogen and oxygen atoms in total. The zero-order valence-corrected chi connectivity index (χ0v) is 20.6. The third kappa shape index (κ3) is 4.71. The third-order valence-corrected chi connectivity index (χ3v) is 7.81. The third-order valence-electron chi connectivity index (χ3n) is 4.55. The van der Waals surface area contributed by atoms with Gasteiger partial charge in [0.1, 0.15) is 9.75 Å². The molecule has 0 aliphatic carbocycles. The number of fused-ring (bicyclic) bond motifs is 2. The van der Waals surface area contributed by atoms with E-state index < -0.39 is 28.3 Å². The van der Waals surface area contributed by atoms with Crippen molar-refractivity contribution in [2.24, 2.45) is 0 Å². The van der Waals surface area contributed by atoms with Gasteiger partial charge in [-0.05, 0) is 6.07 Å². The molecule has 0 saturated heterocycles. The summed E-state index contributed by atoms with van der Waals surface area (Å²) in [7, 11) is 2.66. The van der Waals surface area contributed by atoms with Crippen LogP contribution in [0.25, 0.3) is 20.2 Å². The Labute approximate surface area is 213 Å². The highest BCUT2D eigenvalue weighted by molar-refractivity contribution is 7.22. The van der Waals surface area contributed by atoms with Crippen LogP contribution in [-0.2, 0) is 0 Å². The number of carboxylic acids is 2. The Morgan fingerprint density at radius 3 is 1.94 bits per heavy atom. The topological polar surface area (TPSA) is 177 Å². The van der Waals surface area contributed by atoms with E-state index in [1.165, 1.54) is 26.4 Å². The molecule has 0 spiro atoms. The number of phenolic OH excluding ortho intramolecular Hbond substituents is 2. The summed E-state index contributed by atoms with van der Waals surface area (Å²) in [6.07, 6.45) is 0. The van der Waals surface area contributed by atoms with Crippen LogP contribution in [0.1, 0.15) is 19.3 Å². The number of benzene rings is 2. The molecule has 0 fully saturated rings. The number of phenols is 2. The fraction of sp³-hybridized carbons (Fsp3) is 0.100. The quantitative estimate of drug-likeness (QED) is 0.171. The molecular formula is C20H13Cl2NO10S2. The lowest BCUT2D eigenvalue weighted by atomic mass is 10.2. The molecule has 0 aliphatic rings. The number of nitrogens with zero attached hydrogens (tertiary/aromatic N) is 1. The summed E-state index contributed by atoms with van der Waals surface area (Å²) < 4.78 is 10.7. The van der Waals surface area contributed by atoms with Crippen LogP contribution >= 0.6 is 45.9 Å². The minimum atomic E-state index is -1.29. The zero-order chi connectivity index (χ0) is 26.2. The largest absolute Gasteiger partial charge is 0.504 e. The Kier molecular flexibility index (Phi) is 7.45. The van der Waals surface area contributed by atoms with Gasteiger partial charge in [-0.3, -0.25) is 10.1 Å². The number of carboxylic acid groups (broad SMARTS) is 2. The summed E-state index contributed by atoms with van der Waals surface area (Å²) in [5, 5.41) is 48.5. The van der Waals surface area contributed by atoms with Gasteiger partial charge in [0.05, 0.1) is 34.6 Å². The SMILES string of the molecule is COc1cc2sc(C(=O)O)c(Cl)c2c([N+](=O)[O-])c1O.COc1cc2sc(C(=O)O)c(Cl)c2cc1O. The van der Waals surface area contributed by atoms with E-state index in [0.29, 0.717) is 15.8 Å². The first-order chi connectivity index (χ1) is 16.4. The monoisotopic (exact) mass is 561 g/mol. The Hall–Kier alpha value is -3.52. The molecule has 0 unspecified atom stereocenters. The van der Waals surface area contributed by atoms with Gasteiger partial charge in [-0.1, -0.05) is 23.2 Å². The molecule has 4 rings (SSSR count). The predicted molar refractivity (Wildman–Crippen MR) is 131 cm³/mol. The van der Waals surface area contributed by atoms with Crippen LogP contribution in [0, 0.1) is 10.1 Å². The standard InChI is InChI=1S/C10H6ClNO6S.C10H7ClO4S/c1-18-3-2-4-5(7(8(3)13)12(16)17)6(11)9(19-4)10(14)15;1-15-6-3-7-4(2-5(6)12)8(11)9(16-7)10(13)14/h2,13H,1H3,(H,14,15);2-3,12H,1H3,(H,13,14). The average Bonchev–Trinajstić information content (AvgIpc) is 3.29. The minimum Gasteiger partial charge on any atom is -0.504 e. The van der Waals surface area contributed by atoms with E-state index in [-0.39, 0.29) is 41.4 Å². The number of rotatable bonds is 5. The van der Waals surface area contributed by atoms with E-state index in [2.05, 4.69) is 0 Å². The molecule has 0 atom stereocenters. The summed E-state index contributed by atoms with van der Waals surface area (Å²) in [6.45, 7) is 0. The Balaban J connectivity index is 0.000000198. The molecule has 2 heterocycles. The van der Waals surface area contributed by atoms with Crippen LogP contribution in [0.15, 0.2) is 18.2 Å². The lowest BCUT2D eigenvalue weighted by Crippen LogP contribution is -1.94. The van der Waals surface area contributed by atoms with E-state index in [9.17, 15) is 29.9 Å². The number of aromatic hydroxyl groups is 2. The molecule has 0 saturated carbocycles. The van der Waals surface area contributed by atoms with Gasteiger partial charge in [-0.25, -0.2) is 9.59 Å². The normalized spacial score (nSPS) is 10.6.